The molecule has 1 fully saturated rings. The van der Waals surface area contributed by atoms with E-state index in [-0.39, 0.29) is 18.1 Å². The summed E-state index contributed by atoms with van der Waals surface area (Å²) in [6.07, 6.45) is 1.76. The maximum Gasteiger partial charge on any atom is 0.246 e. The van der Waals surface area contributed by atoms with Crippen LogP contribution in [-0.2, 0) is 14.3 Å². The summed E-state index contributed by atoms with van der Waals surface area (Å²) in [5.74, 6) is -0.0312. The molecule has 1 amide bonds. The van der Waals surface area contributed by atoms with E-state index >= 15 is 0 Å². The van der Waals surface area contributed by atoms with Crippen molar-refractivity contribution in [2.75, 3.05) is 26.4 Å². The van der Waals surface area contributed by atoms with Crippen LogP contribution in [0.3, 0.4) is 0 Å². The maximum absolute atomic E-state index is 11.4. The van der Waals surface area contributed by atoms with Gasteiger partial charge >= 0.3 is 0 Å². The fourth-order valence-electron chi connectivity index (χ4n) is 1.51. The van der Waals surface area contributed by atoms with E-state index < -0.39 is 0 Å². The lowest BCUT2D eigenvalue weighted by Crippen LogP contribution is -2.50. The van der Waals surface area contributed by atoms with Gasteiger partial charge in [0.1, 0.15) is 6.61 Å². The first kappa shape index (κ1) is 11.5. The molecule has 0 aromatic carbocycles. The van der Waals surface area contributed by atoms with Gasteiger partial charge in [-0.05, 0) is 26.7 Å². The molecule has 4 nitrogen and oxygen atoms in total. The Hall–Kier alpha value is -0.610. The molecule has 0 saturated carbocycles. The van der Waals surface area contributed by atoms with Crippen LogP contribution >= 0.6 is 0 Å². The Labute approximate surface area is 85.0 Å². The SMILES string of the molecule is CCOCC(=O)NC1(C)CCOCC1. The average molecular weight is 201 g/mol. The van der Waals surface area contributed by atoms with Crippen molar-refractivity contribution in [1.82, 2.24) is 5.32 Å². The van der Waals surface area contributed by atoms with Crippen molar-refractivity contribution < 1.29 is 14.3 Å². The van der Waals surface area contributed by atoms with Crippen LogP contribution < -0.4 is 5.32 Å². The number of hydrogen-bond acceptors (Lipinski definition) is 3. The first-order chi connectivity index (χ1) is 6.66. The van der Waals surface area contributed by atoms with Gasteiger partial charge in [0.25, 0.3) is 0 Å². The Morgan fingerprint density at radius 3 is 2.71 bits per heavy atom. The quantitative estimate of drug-likeness (QED) is 0.728. The van der Waals surface area contributed by atoms with Crippen LogP contribution in [0.15, 0.2) is 0 Å². The zero-order valence-electron chi connectivity index (χ0n) is 8.97. The normalized spacial score (nSPS) is 20.4. The van der Waals surface area contributed by atoms with Crippen molar-refractivity contribution in [3.63, 3.8) is 0 Å². The van der Waals surface area contributed by atoms with Crippen LogP contribution in [0.1, 0.15) is 26.7 Å². The van der Waals surface area contributed by atoms with E-state index in [1.807, 2.05) is 6.92 Å². The first-order valence-corrected chi connectivity index (χ1v) is 5.13. The molecule has 0 spiro atoms. The summed E-state index contributed by atoms with van der Waals surface area (Å²) < 4.78 is 10.3. The highest BCUT2D eigenvalue weighted by atomic mass is 16.5. The highest BCUT2D eigenvalue weighted by molar-refractivity contribution is 5.78. The van der Waals surface area contributed by atoms with Crippen LogP contribution in [0.5, 0.6) is 0 Å². The highest BCUT2D eigenvalue weighted by Gasteiger charge is 2.28. The van der Waals surface area contributed by atoms with Gasteiger partial charge in [-0.1, -0.05) is 0 Å². The number of ether oxygens (including phenoxy) is 2. The molecule has 0 aromatic heterocycles. The maximum atomic E-state index is 11.4. The molecule has 1 N–H and O–H groups in total. The van der Waals surface area contributed by atoms with Gasteiger partial charge in [0.15, 0.2) is 0 Å². The largest absolute Gasteiger partial charge is 0.381 e. The van der Waals surface area contributed by atoms with Crippen molar-refractivity contribution in [3.8, 4) is 0 Å². The van der Waals surface area contributed by atoms with Crippen molar-refractivity contribution >= 4 is 5.91 Å². The second-order valence-corrected chi connectivity index (χ2v) is 3.86. The molecule has 0 radical (unpaired) electrons. The second-order valence-electron chi connectivity index (χ2n) is 3.86. The van der Waals surface area contributed by atoms with Crippen LogP contribution in [0.25, 0.3) is 0 Å². The zero-order valence-corrected chi connectivity index (χ0v) is 8.97. The molecule has 0 aliphatic carbocycles. The molecular weight excluding hydrogens is 182 g/mol. The molecule has 82 valence electrons. The third-order valence-corrected chi connectivity index (χ3v) is 2.47. The van der Waals surface area contributed by atoms with Gasteiger partial charge in [0.2, 0.25) is 5.91 Å². The van der Waals surface area contributed by atoms with Gasteiger partial charge in [0.05, 0.1) is 0 Å². The number of carbonyl (C=O) groups excluding carboxylic acids is 1. The number of hydrogen-bond donors (Lipinski definition) is 1. The van der Waals surface area contributed by atoms with Crippen molar-refractivity contribution in [2.45, 2.75) is 32.2 Å². The fraction of sp³-hybridized carbons (Fsp3) is 0.900. The van der Waals surface area contributed by atoms with E-state index in [4.69, 9.17) is 9.47 Å². The molecule has 1 aliphatic heterocycles. The van der Waals surface area contributed by atoms with Gasteiger partial charge in [-0.2, -0.15) is 0 Å². The minimum atomic E-state index is -0.105. The van der Waals surface area contributed by atoms with Crippen LogP contribution in [0.2, 0.25) is 0 Å². The molecule has 0 unspecified atom stereocenters. The third-order valence-electron chi connectivity index (χ3n) is 2.47. The van der Waals surface area contributed by atoms with Crippen molar-refractivity contribution in [1.29, 1.82) is 0 Å². The Balaban J connectivity index is 2.29. The molecular formula is C10H19NO3. The molecule has 1 saturated heterocycles. The van der Waals surface area contributed by atoms with E-state index in [1.54, 1.807) is 0 Å². The summed E-state index contributed by atoms with van der Waals surface area (Å²) in [6, 6.07) is 0. The topological polar surface area (TPSA) is 47.6 Å². The standard InChI is InChI=1S/C10H19NO3/c1-3-13-8-9(12)11-10(2)4-6-14-7-5-10/h3-8H2,1-2H3,(H,11,12). The average Bonchev–Trinajstić information content (AvgIpc) is 2.15. The van der Waals surface area contributed by atoms with E-state index in [1.165, 1.54) is 0 Å². The smallest absolute Gasteiger partial charge is 0.246 e. The predicted molar refractivity (Wildman–Crippen MR) is 53.1 cm³/mol. The van der Waals surface area contributed by atoms with E-state index in [0.29, 0.717) is 6.61 Å². The molecule has 0 atom stereocenters. The third kappa shape index (κ3) is 3.64. The van der Waals surface area contributed by atoms with E-state index in [9.17, 15) is 4.79 Å². The van der Waals surface area contributed by atoms with Crippen molar-refractivity contribution in [2.24, 2.45) is 0 Å². The van der Waals surface area contributed by atoms with Crippen LogP contribution in [-0.4, -0.2) is 37.9 Å². The molecule has 0 aromatic rings. The summed E-state index contributed by atoms with van der Waals surface area (Å²) in [6.45, 7) is 6.12. The molecule has 4 heteroatoms. The lowest BCUT2D eigenvalue weighted by molar-refractivity contribution is -0.128. The van der Waals surface area contributed by atoms with Crippen LogP contribution in [0.4, 0.5) is 0 Å². The van der Waals surface area contributed by atoms with E-state index in [0.717, 1.165) is 26.1 Å². The molecule has 1 rings (SSSR count). The fourth-order valence-corrected chi connectivity index (χ4v) is 1.51. The minimum Gasteiger partial charge on any atom is -0.381 e. The van der Waals surface area contributed by atoms with Gasteiger partial charge < -0.3 is 14.8 Å². The summed E-state index contributed by atoms with van der Waals surface area (Å²) in [5, 5.41) is 2.99. The van der Waals surface area contributed by atoms with Gasteiger partial charge in [-0.15, -0.1) is 0 Å². The number of rotatable bonds is 4. The Kier molecular flexibility index (Phi) is 4.35. The predicted octanol–water partition coefficient (Wildman–Crippen LogP) is 0.708. The lowest BCUT2D eigenvalue weighted by Gasteiger charge is -2.34. The first-order valence-electron chi connectivity index (χ1n) is 5.13. The van der Waals surface area contributed by atoms with Gasteiger partial charge in [-0.25, -0.2) is 0 Å². The Bertz CT molecular complexity index is 188. The summed E-state index contributed by atoms with van der Waals surface area (Å²) >= 11 is 0. The lowest BCUT2D eigenvalue weighted by atomic mass is 9.92. The molecule has 1 heterocycles. The Morgan fingerprint density at radius 1 is 1.50 bits per heavy atom. The summed E-state index contributed by atoms with van der Waals surface area (Å²) in [4.78, 5) is 11.4. The zero-order chi connectivity index (χ0) is 10.4. The second kappa shape index (κ2) is 5.32. The molecule has 14 heavy (non-hydrogen) atoms. The molecule has 0 bridgehead atoms. The van der Waals surface area contributed by atoms with Crippen LogP contribution in [0, 0.1) is 0 Å². The summed E-state index contributed by atoms with van der Waals surface area (Å²) in [7, 11) is 0. The molecule has 1 aliphatic rings. The van der Waals surface area contributed by atoms with Crippen molar-refractivity contribution in [3.05, 3.63) is 0 Å². The van der Waals surface area contributed by atoms with Gasteiger partial charge in [0, 0.05) is 25.4 Å². The number of nitrogens with one attached hydrogen (secondary N) is 1. The highest BCUT2D eigenvalue weighted by Crippen LogP contribution is 2.19. The Morgan fingerprint density at radius 2 is 2.14 bits per heavy atom. The number of amides is 1. The minimum absolute atomic E-state index is 0.0312. The van der Waals surface area contributed by atoms with E-state index in [2.05, 4.69) is 12.2 Å². The summed E-state index contributed by atoms with van der Waals surface area (Å²) in [5.41, 5.74) is -0.105. The van der Waals surface area contributed by atoms with Gasteiger partial charge in [-0.3, -0.25) is 4.79 Å². The number of carbonyl (C=O) groups is 1. The monoisotopic (exact) mass is 201 g/mol.